The van der Waals surface area contributed by atoms with Crippen molar-refractivity contribution in [1.82, 2.24) is 8.97 Å². The Kier molecular flexibility index (Phi) is 5.80. The second-order valence-corrected chi connectivity index (χ2v) is 15.1. The molecule has 8 aromatic carbocycles. The Morgan fingerprint density at radius 1 is 0.396 bits per heavy atom. The number of fused-ring (bicyclic) bond motifs is 11. The van der Waals surface area contributed by atoms with Crippen molar-refractivity contribution in [2.75, 3.05) is 0 Å². The highest BCUT2D eigenvalue weighted by Gasteiger charge is 2.21. The summed E-state index contributed by atoms with van der Waals surface area (Å²) in [6, 6.07) is 60.7. The van der Waals surface area contributed by atoms with Crippen molar-refractivity contribution in [3.63, 3.8) is 0 Å². The first-order valence-electron chi connectivity index (χ1n) is 18.0. The Balaban J connectivity index is 1.06. The molecular formula is C49H28N2OS. The average molecular weight is 693 g/mol. The van der Waals surface area contributed by atoms with Gasteiger partial charge in [0, 0.05) is 58.2 Å². The standard InChI is InChI=1S/C49H28N2OS/c52-49-38-18-2-1-15-34(38)37-24-23-33(47-39-19-4-7-21-43(39)51(49)48(37)47)31-13-9-11-29(25-31)30-12-10-14-32(26-30)50-42-20-6-3-16-35(42)40-28-46-41(27-44(40)50)36-17-5-8-22-45(36)53-46/h1-28H. The van der Waals surface area contributed by atoms with Gasteiger partial charge in [0.25, 0.3) is 5.56 Å². The maximum atomic E-state index is 14.0. The largest absolute Gasteiger partial charge is 0.309 e. The molecule has 0 saturated heterocycles. The molecule has 0 unspecified atom stereocenters. The van der Waals surface area contributed by atoms with Crippen molar-refractivity contribution in [2.45, 2.75) is 0 Å². The molecular weight excluding hydrogens is 665 g/mol. The Hall–Kier alpha value is -6.75. The van der Waals surface area contributed by atoms with Crippen molar-refractivity contribution in [3.05, 3.63) is 180 Å². The lowest BCUT2D eigenvalue weighted by molar-refractivity contribution is 1.18. The van der Waals surface area contributed by atoms with Gasteiger partial charge in [0.2, 0.25) is 0 Å². The number of nitrogens with zero attached hydrogens (tertiary/aromatic N) is 2. The van der Waals surface area contributed by atoms with Crippen LogP contribution in [0.5, 0.6) is 0 Å². The molecule has 12 aromatic rings. The number of thiophene rings is 1. The molecule has 0 aliphatic carbocycles. The summed E-state index contributed by atoms with van der Waals surface area (Å²) in [5, 5.41) is 10.2. The minimum absolute atomic E-state index is 0.0278. The van der Waals surface area contributed by atoms with Crippen molar-refractivity contribution < 1.29 is 0 Å². The highest BCUT2D eigenvalue weighted by Crippen LogP contribution is 2.43. The third-order valence-electron chi connectivity index (χ3n) is 11.2. The molecule has 4 aromatic heterocycles. The van der Waals surface area contributed by atoms with Crippen molar-refractivity contribution in [1.29, 1.82) is 0 Å². The number of pyridine rings is 1. The second kappa shape index (κ2) is 10.6. The van der Waals surface area contributed by atoms with E-state index in [9.17, 15) is 4.79 Å². The molecule has 0 bridgehead atoms. The predicted octanol–water partition coefficient (Wildman–Crippen LogP) is 13.0. The van der Waals surface area contributed by atoms with Crippen LogP contribution < -0.4 is 5.56 Å². The summed E-state index contributed by atoms with van der Waals surface area (Å²) in [6.45, 7) is 0. The van der Waals surface area contributed by atoms with Crippen LogP contribution in [0.2, 0.25) is 0 Å². The molecule has 0 radical (unpaired) electrons. The van der Waals surface area contributed by atoms with Gasteiger partial charge in [-0.3, -0.25) is 9.20 Å². The molecule has 0 spiro atoms. The number of aromatic nitrogens is 2. The predicted molar refractivity (Wildman–Crippen MR) is 225 cm³/mol. The minimum Gasteiger partial charge on any atom is -0.309 e. The summed E-state index contributed by atoms with van der Waals surface area (Å²) < 4.78 is 6.99. The lowest BCUT2D eigenvalue weighted by Gasteiger charge is -2.13. The van der Waals surface area contributed by atoms with Crippen molar-refractivity contribution in [2.24, 2.45) is 0 Å². The molecule has 53 heavy (non-hydrogen) atoms. The summed E-state index contributed by atoms with van der Waals surface area (Å²) in [6.07, 6.45) is 0. The number of rotatable bonds is 3. The van der Waals surface area contributed by atoms with Gasteiger partial charge in [0.05, 0.1) is 22.1 Å². The molecule has 0 N–H and O–H groups in total. The summed E-state index contributed by atoms with van der Waals surface area (Å²) in [7, 11) is 0. The zero-order valence-corrected chi connectivity index (χ0v) is 29.2. The van der Waals surface area contributed by atoms with E-state index < -0.39 is 0 Å². The fraction of sp³-hybridized carbons (Fsp3) is 0. The van der Waals surface area contributed by atoms with E-state index in [-0.39, 0.29) is 5.56 Å². The van der Waals surface area contributed by atoms with E-state index in [4.69, 9.17) is 0 Å². The highest BCUT2D eigenvalue weighted by atomic mass is 32.1. The van der Waals surface area contributed by atoms with Crippen LogP contribution in [0.3, 0.4) is 0 Å². The molecule has 12 rings (SSSR count). The molecule has 246 valence electrons. The van der Waals surface area contributed by atoms with Crippen LogP contribution >= 0.6 is 11.3 Å². The maximum Gasteiger partial charge on any atom is 0.263 e. The summed E-state index contributed by atoms with van der Waals surface area (Å²) in [5.74, 6) is 0. The van der Waals surface area contributed by atoms with E-state index in [1.54, 1.807) is 0 Å². The lowest BCUT2D eigenvalue weighted by Crippen LogP contribution is -2.12. The lowest BCUT2D eigenvalue weighted by atomic mass is 9.94. The van der Waals surface area contributed by atoms with Crippen LogP contribution in [0.1, 0.15) is 0 Å². The first kappa shape index (κ1) is 28.9. The molecule has 0 aliphatic heterocycles. The van der Waals surface area contributed by atoms with E-state index >= 15 is 0 Å². The SMILES string of the molecule is O=c1c2ccccc2c2ccc(-c3cccc(-c4cccc(-n5c6ccccc6c6cc7sc8ccccc8c7cc65)c4)c3)c3c4ccccc4n1c23. The monoisotopic (exact) mass is 692 g/mol. The zero-order chi connectivity index (χ0) is 34.8. The van der Waals surface area contributed by atoms with Crippen LogP contribution in [0.4, 0.5) is 0 Å². The van der Waals surface area contributed by atoms with E-state index in [0.717, 1.165) is 65.9 Å². The topological polar surface area (TPSA) is 26.4 Å². The normalized spacial score (nSPS) is 12.2. The summed E-state index contributed by atoms with van der Waals surface area (Å²) in [4.78, 5) is 14.0. The van der Waals surface area contributed by atoms with Gasteiger partial charge in [-0.05, 0) is 82.2 Å². The Morgan fingerprint density at radius 2 is 1.08 bits per heavy atom. The first-order valence-corrected chi connectivity index (χ1v) is 18.8. The molecule has 0 aliphatic rings. The van der Waals surface area contributed by atoms with Crippen LogP contribution in [-0.4, -0.2) is 8.97 Å². The Labute approximate surface area is 307 Å². The average Bonchev–Trinajstić information content (AvgIpc) is 3.87. The molecule has 3 nitrogen and oxygen atoms in total. The fourth-order valence-corrected chi connectivity index (χ4v) is 10.1. The first-order chi connectivity index (χ1) is 26.2. The van der Waals surface area contributed by atoms with Crippen molar-refractivity contribution >= 4 is 91.3 Å². The third-order valence-corrected chi connectivity index (χ3v) is 12.4. The smallest absolute Gasteiger partial charge is 0.263 e. The molecule has 4 heteroatoms. The Bertz CT molecular complexity index is 3550. The molecule has 4 heterocycles. The Morgan fingerprint density at radius 3 is 1.94 bits per heavy atom. The van der Waals surface area contributed by atoms with E-state index in [0.29, 0.717) is 0 Å². The van der Waals surface area contributed by atoms with Gasteiger partial charge in [-0.25, -0.2) is 0 Å². The summed E-state index contributed by atoms with van der Waals surface area (Å²) in [5.41, 5.74) is 10.0. The summed E-state index contributed by atoms with van der Waals surface area (Å²) >= 11 is 1.87. The van der Waals surface area contributed by atoms with Gasteiger partial charge in [0.15, 0.2) is 0 Å². The number of hydrogen-bond acceptors (Lipinski definition) is 2. The van der Waals surface area contributed by atoms with Gasteiger partial charge >= 0.3 is 0 Å². The molecule has 0 fully saturated rings. The number of hydrogen-bond donors (Lipinski definition) is 0. The van der Waals surface area contributed by atoms with E-state index in [1.807, 2.05) is 40.0 Å². The van der Waals surface area contributed by atoms with Crippen LogP contribution in [-0.2, 0) is 0 Å². The minimum atomic E-state index is 0.0278. The fourth-order valence-electron chi connectivity index (χ4n) is 8.95. The highest BCUT2D eigenvalue weighted by molar-refractivity contribution is 7.25. The number of para-hydroxylation sites is 2. The molecule has 0 amide bonds. The third kappa shape index (κ3) is 3.96. The molecule has 0 saturated carbocycles. The van der Waals surface area contributed by atoms with Gasteiger partial charge in [0.1, 0.15) is 0 Å². The van der Waals surface area contributed by atoms with Gasteiger partial charge in [-0.1, -0.05) is 115 Å². The maximum absolute atomic E-state index is 14.0. The van der Waals surface area contributed by atoms with Gasteiger partial charge in [-0.2, -0.15) is 0 Å². The quantitative estimate of drug-likeness (QED) is 0.169. The number of benzene rings is 8. The van der Waals surface area contributed by atoms with Crippen LogP contribution in [0.15, 0.2) is 175 Å². The van der Waals surface area contributed by atoms with Crippen LogP contribution in [0.25, 0.3) is 108 Å². The van der Waals surface area contributed by atoms with Gasteiger partial charge < -0.3 is 4.57 Å². The van der Waals surface area contributed by atoms with Crippen molar-refractivity contribution in [3.8, 4) is 27.9 Å². The second-order valence-electron chi connectivity index (χ2n) is 14.0. The van der Waals surface area contributed by atoms with E-state index in [1.165, 1.54) is 42.0 Å². The molecule has 0 atom stereocenters. The van der Waals surface area contributed by atoms with Crippen LogP contribution in [0, 0.1) is 0 Å². The zero-order valence-electron chi connectivity index (χ0n) is 28.4. The van der Waals surface area contributed by atoms with E-state index in [2.05, 4.69) is 150 Å². The van der Waals surface area contributed by atoms with Gasteiger partial charge in [-0.15, -0.1) is 11.3 Å².